The fraction of sp³-hybridized carbons (Fsp3) is 0.526. The monoisotopic (exact) mass is 438 g/mol. The van der Waals surface area contributed by atoms with Crippen LogP contribution in [0.15, 0.2) is 24.3 Å². The minimum absolute atomic E-state index is 0.0241. The fourth-order valence-corrected chi connectivity index (χ4v) is 4.92. The molecule has 3 amide bonds. The van der Waals surface area contributed by atoms with Gasteiger partial charge in [0.15, 0.2) is 0 Å². The molecule has 0 bridgehead atoms. The lowest BCUT2D eigenvalue weighted by Crippen LogP contribution is -2.50. The maximum Gasteiger partial charge on any atom is 0.251 e. The highest BCUT2D eigenvalue weighted by Crippen LogP contribution is 2.18. The van der Waals surface area contributed by atoms with Crippen LogP contribution in [0, 0.1) is 0 Å². The summed E-state index contributed by atoms with van der Waals surface area (Å²) in [7, 11) is -3.51. The van der Waals surface area contributed by atoms with Gasteiger partial charge in [-0.25, -0.2) is 13.4 Å². The number of carbonyl (C=O) groups is 3. The Morgan fingerprint density at radius 2 is 1.77 bits per heavy atom. The third-order valence-electron chi connectivity index (χ3n) is 4.86. The second-order valence-electron chi connectivity index (χ2n) is 7.46. The average Bonchev–Trinajstić information content (AvgIpc) is 2.69. The highest BCUT2D eigenvalue weighted by atomic mass is 32.2. The van der Waals surface area contributed by atoms with E-state index >= 15 is 0 Å². The molecule has 0 radical (unpaired) electrons. The second-order valence-corrected chi connectivity index (χ2v) is 9.55. The molecule has 1 aromatic carbocycles. The van der Waals surface area contributed by atoms with Crippen LogP contribution in [0.1, 0.15) is 37.0 Å². The Labute approximate surface area is 175 Å². The van der Waals surface area contributed by atoms with Gasteiger partial charge in [-0.15, -0.1) is 0 Å². The van der Waals surface area contributed by atoms with Crippen LogP contribution >= 0.6 is 0 Å². The van der Waals surface area contributed by atoms with Crippen LogP contribution in [0.4, 0.5) is 5.69 Å². The van der Waals surface area contributed by atoms with Gasteiger partial charge >= 0.3 is 0 Å². The number of rotatable bonds is 6. The van der Waals surface area contributed by atoms with Gasteiger partial charge in [0.2, 0.25) is 21.8 Å². The number of carbonyl (C=O) groups excluding carboxylic acids is 3. The predicted octanol–water partition coefficient (Wildman–Crippen LogP) is 0.0134. The maximum atomic E-state index is 12.5. The molecule has 2 saturated heterocycles. The number of nitrogens with one attached hydrogen (secondary N) is 2. The number of benzene rings is 1. The molecule has 0 spiro atoms. The first kappa shape index (κ1) is 22.2. The van der Waals surface area contributed by atoms with E-state index in [1.807, 2.05) is 13.8 Å². The molecule has 11 heteroatoms. The van der Waals surface area contributed by atoms with E-state index in [4.69, 9.17) is 4.74 Å². The van der Waals surface area contributed by atoms with E-state index in [-0.39, 0.29) is 49.2 Å². The van der Waals surface area contributed by atoms with Crippen molar-refractivity contribution in [3.63, 3.8) is 0 Å². The number of hydrogen-bond acceptors (Lipinski definition) is 6. The number of morpholine rings is 1. The SMILES string of the molecule is CC1CN(S(=O)(=O)CCNC(=O)c2ccc(N3NC(=O)CCC3=O)cc2)CC(C)O1. The minimum atomic E-state index is -3.51. The molecule has 2 atom stereocenters. The summed E-state index contributed by atoms with van der Waals surface area (Å²) in [5.41, 5.74) is 3.25. The van der Waals surface area contributed by atoms with Gasteiger partial charge in [-0.05, 0) is 38.1 Å². The first-order valence-corrected chi connectivity index (χ1v) is 11.4. The number of amides is 3. The molecule has 10 nitrogen and oxygen atoms in total. The normalized spacial score (nSPS) is 23.2. The topological polar surface area (TPSA) is 125 Å². The molecule has 0 saturated carbocycles. The lowest BCUT2D eigenvalue weighted by molar-refractivity contribution is -0.130. The van der Waals surface area contributed by atoms with Crippen LogP contribution < -0.4 is 15.8 Å². The van der Waals surface area contributed by atoms with Crippen molar-refractivity contribution < 1.29 is 27.5 Å². The molecule has 2 fully saturated rings. The molecule has 2 aliphatic rings. The summed E-state index contributed by atoms with van der Waals surface area (Å²) in [6.45, 7) is 4.23. The summed E-state index contributed by atoms with van der Waals surface area (Å²) in [5, 5.41) is 3.76. The second kappa shape index (κ2) is 9.11. The van der Waals surface area contributed by atoms with Crippen LogP contribution in [-0.4, -0.2) is 68.0 Å². The van der Waals surface area contributed by atoms with Gasteiger partial charge in [0.1, 0.15) is 0 Å². The van der Waals surface area contributed by atoms with E-state index in [2.05, 4.69) is 10.7 Å². The van der Waals surface area contributed by atoms with Crippen molar-refractivity contribution in [3.8, 4) is 0 Å². The van der Waals surface area contributed by atoms with Gasteiger partial charge in [-0.1, -0.05) is 0 Å². The molecule has 164 valence electrons. The molecule has 1 aromatic rings. The summed E-state index contributed by atoms with van der Waals surface area (Å²) in [6.07, 6.45) is -0.0639. The Morgan fingerprint density at radius 1 is 1.13 bits per heavy atom. The van der Waals surface area contributed by atoms with Crippen molar-refractivity contribution in [2.24, 2.45) is 0 Å². The van der Waals surface area contributed by atoms with Crippen molar-refractivity contribution in [1.29, 1.82) is 0 Å². The summed E-state index contributed by atoms with van der Waals surface area (Å²) >= 11 is 0. The van der Waals surface area contributed by atoms with Gasteiger partial charge in [-0.3, -0.25) is 19.8 Å². The Bertz CT molecular complexity index is 907. The zero-order chi connectivity index (χ0) is 21.9. The van der Waals surface area contributed by atoms with Crippen molar-refractivity contribution in [2.45, 2.75) is 38.9 Å². The van der Waals surface area contributed by atoms with E-state index in [0.29, 0.717) is 24.3 Å². The van der Waals surface area contributed by atoms with Gasteiger partial charge in [0, 0.05) is 38.0 Å². The molecule has 30 heavy (non-hydrogen) atoms. The van der Waals surface area contributed by atoms with Crippen molar-refractivity contribution in [3.05, 3.63) is 29.8 Å². The standard InChI is InChI=1S/C19H26N4O6S/c1-13-11-22(12-14(2)29-13)30(27,28)10-9-20-19(26)15-3-5-16(6-4-15)23-18(25)8-7-17(24)21-23/h3-6,13-14H,7-12H2,1-2H3,(H,20,26)(H,21,24). The summed E-state index contributed by atoms with van der Waals surface area (Å²) in [4.78, 5) is 35.7. The predicted molar refractivity (Wildman–Crippen MR) is 109 cm³/mol. The third-order valence-corrected chi connectivity index (χ3v) is 6.67. The fourth-order valence-electron chi connectivity index (χ4n) is 3.43. The van der Waals surface area contributed by atoms with Crippen LogP contribution in [-0.2, 0) is 24.3 Å². The van der Waals surface area contributed by atoms with Crippen molar-refractivity contribution in [2.75, 3.05) is 30.4 Å². The Hall–Kier alpha value is -2.50. The minimum Gasteiger partial charge on any atom is -0.373 e. The van der Waals surface area contributed by atoms with E-state index in [0.717, 1.165) is 5.01 Å². The smallest absolute Gasteiger partial charge is 0.251 e. The number of hydrazine groups is 1. The maximum absolute atomic E-state index is 12.5. The number of ether oxygens (including phenoxy) is 1. The molecule has 2 aliphatic heterocycles. The largest absolute Gasteiger partial charge is 0.373 e. The van der Waals surface area contributed by atoms with Gasteiger partial charge in [0.05, 0.1) is 23.6 Å². The van der Waals surface area contributed by atoms with Gasteiger partial charge < -0.3 is 10.1 Å². The summed E-state index contributed by atoms with van der Waals surface area (Å²) in [5.74, 6) is -1.11. The number of anilines is 1. The highest BCUT2D eigenvalue weighted by Gasteiger charge is 2.30. The Kier molecular flexibility index (Phi) is 6.74. The lowest BCUT2D eigenvalue weighted by atomic mass is 10.1. The van der Waals surface area contributed by atoms with Crippen molar-refractivity contribution in [1.82, 2.24) is 15.0 Å². The van der Waals surface area contributed by atoms with Crippen LogP contribution in [0.25, 0.3) is 0 Å². The quantitative estimate of drug-likeness (QED) is 0.645. The van der Waals surface area contributed by atoms with Gasteiger partial charge in [0.25, 0.3) is 5.91 Å². The molecular weight excluding hydrogens is 412 g/mol. The highest BCUT2D eigenvalue weighted by molar-refractivity contribution is 7.89. The van der Waals surface area contributed by atoms with E-state index in [9.17, 15) is 22.8 Å². The molecule has 0 aliphatic carbocycles. The van der Waals surface area contributed by atoms with Crippen molar-refractivity contribution >= 4 is 33.4 Å². The zero-order valence-electron chi connectivity index (χ0n) is 17.0. The number of sulfonamides is 1. The number of nitrogens with zero attached hydrogens (tertiary/aromatic N) is 2. The molecule has 2 unspecified atom stereocenters. The lowest BCUT2D eigenvalue weighted by Gasteiger charge is -2.34. The van der Waals surface area contributed by atoms with Crippen LogP contribution in [0.2, 0.25) is 0 Å². The zero-order valence-corrected chi connectivity index (χ0v) is 17.8. The molecule has 2 heterocycles. The molecule has 0 aromatic heterocycles. The van der Waals surface area contributed by atoms with Gasteiger partial charge in [-0.2, -0.15) is 4.31 Å². The third kappa shape index (κ3) is 5.35. The first-order chi connectivity index (χ1) is 14.2. The Balaban J connectivity index is 1.53. The first-order valence-electron chi connectivity index (χ1n) is 9.79. The summed E-state index contributed by atoms with van der Waals surface area (Å²) < 4.78 is 32.0. The molecule has 2 N–H and O–H groups in total. The Morgan fingerprint density at radius 3 is 2.40 bits per heavy atom. The number of hydrogen-bond donors (Lipinski definition) is 2. The van der Waals surface area contributed by atoms with E-state index in [1.165, 1.54) is 16.4 Å². The van der Waals surface area contributed by atoms with Crippen LogP contribution in [0.3, 0.4) is 0 Å². The van der Waals surface area contributed by atoms with E-state index < -0.39 is 15.9 Å². The average molecular weight is 439 g/mol. The molecular formula is C19H26N4O6S. The van der Waals surface area contributed by atoms with E-state index in [1.54, 1.807) is 12.1 Å². The molecule has 3 rings (SSSR count). The van der Waals surface area contributed by atoms with Crippen LogP contribution in [0.5, 0.6) is 0 Å². The summed E-state index contributed by atoms with van der Waals surface area (Å²) in [6, 6.07) is 6.12.